The lowest BCUT2D eigenvalue weighted by Gasteiger charge is -2.18. The predicted molar refractivity (Wildman–Crippen MR) is 127 cm³/mol. The van der Waals surface area contributed by atoms with Crippen molar-refractivity contribution in [2.75, 3.05) is 32.8 Å². The first-order valence-corrected chi connectivity index (χ1v) is 11.9. The molecule has 0 radical (unpaired) electrons. The molecule has 1 aliphatic carbocycles. The van der Waals surface area contributed by atoms with E-state index in [2.05, 4.69) is 34.9 Å². The largest absolute Gasteiger partial charge is 0.493 e. The van der Waals surface area contributed by atoms with Gasteiger partial charge in [0.1, 0.15) is 5.75 Å². The van der Waals surface area contributed by atoms with Gasteiger partial charge in [0.25, 0.3) is 11.8 Å². The molecule has 1 unspecified atom stereocenters. The van der Waals surface area contributed by atoms with Crippen molar-refractivity contribution in [3.05, 3.63) is 64.7 Å². The maximum atomic E-state index is 12.8. The van der Waals surface area contributed by atoms with Gasteiger partial charge in [-0.05, 0) is 61.9 Å². The third-order valence-electron chi connectivity index (χ3n) is 6.36. The summed E-state index contributed by atoms with van der Waals surface area (Å²) in [5, 5.41) is 16.6. The second kappa shape index (κ2) is 10.8. The van der Waals surface area contributed by atoms with Gasteiger partial charge in [-0.25, -0.2) is 0 Å². The molecule has 0 aromatic heterocycles. The average molecular weight is 452 g/mol. The molecule has 1 aliphatic heterocycles. The Labute approximate surface area is 195 Å². The molecular weight excluding hydrogens is 418 g/mol. The molecule has 2 aromatic carbocycles. The van der Waals surface area contributed by atoms with Crippen LogP contribution in [0.25, 0.3) is 0 Å². The zero-order valence-electron chi connectivity index (χ0n) is 19.2. The van der Waals surface area contributed by atoms with E-state index in [1.54, 1.807) is 18.2 Å². The highest BCUT2D eigenvalue weighted by Gasteiger charge is 2.23. The monoisotopic (exact) mass is 451 g/mol. The van der Waals surface area contributed by atoms with Crippen LogP contribution in [0.5, 0.6) is 5.75 Å². The van der Waals surface area contributed by atoms with Crippen molar-refractivity contribution in [1.29, 1.82) is 0 Å². The summed E-state index contributed by atoms with van der Waals surface area (Å²) in [4.78, 5) is 27.3. The Morgan fingerprint density at radius 2 is 1.79 bits per heavy atom. The van der Waals surface area contributed by atoms with E-state index >= 15 is 0 Å². The van der Waals surface area contributed by atoms with Gasteiger partial charge in [0, 0.05) is 37.8 Å². The predicted octanol–water partition coefficient (Wildman–Crippen LogP) is 2.17. The summed E-state index contributed by atoms with van der Waals surface area (Å²) >= 11 is 0. The number of nitrogens with zero attached hydrogens (tertiary/aromatic N) is 1. The minimum atomic E-state index is -0.704. The summed E-state index contributed by atoms with van der Waals surface area (Å²) < 4.78 is 5.66. The molecule has 2 amide bonds. The zero-order chi connectivity index (χ0) is 23.2. The topological polar surface area (TPSA) is 90.9 Å². The van der Waals surface area contributed by atoms with Gasteiger partial charge >= 0.3 is 0 Å². The minimum absolute atomic E-state index is 0.0315. The summed E-state index contributed by atoms with van der Waals surface area (Å²) in [6.45, 7) is 4.30. The van der Waals surface area contributed by atoms with E-state index < -0.39 is 6.10 Å². The second-order valence-corrected chi connectivity index (χ2v) is 8.79. The van der Waals surface area contributed by atoms with Crippen LogP contribution in [-0.4, -0.2) is 66.8 Å². The Balaban J connectivity index is 1.29. The summed E-state index contributed by atoms with van der Waals surface area (Å²) in [7, 11) is 0. The van der Waals surface area contributed by atoms with E-state index in [1.165, 1.54) is 11.1 Å². The lowest BCUT2D eigenvalue weighted by Crippen LogP contribution is -2.41. The van der Waals surface area contributed by atoms with Gasteiger partial charge in [-0.3, -0.25) is 9.59 Å². The maximum absolute atomic E-state index is 12.8. The number of rotatable bonds is 9. The normalized spacial score (nSPS) is 16.5. The van der Waals surface area contributed by atoms with Crippen molar-refractivity contribution in [3.63, 3.8) is 0 Å². The number of carbonyl (C=O) groups is 2. The maximum Gasteiger partial charge on any atom is 0.255 e. The summed E-state index contributed by atoms with van der Waals surface area (Å²) in [6, 6.07) is 13.7. The lowest BCUT2D eigenvalue weighted by molar-refractivity contribution is 0.0791. The van der Waals surface area contributed by atoms with Crippen LogP contribution in [0.4, 0.5) is 0 Å². The van der Waals surface area contributed by atoms with Crippen molar-refractivity contribution in [2.24, 2.45) is 0 Å². The number of ether oxygens (including phenoxy) is 1. The van der Waals surface area contributed by atoms with Gasteiger partial charge in [0.15, 0.2) is 0 Å². The van der Waals surface area contributed by atoms with Crippen LogP contribution in [0.1, 0.15) is 51.6 Å². The van der Waals surface area contributed by atoms with Gasteiger partial charge in [0.05, 0.1) is 18.3 Å². The molecule has 4 rings (SSSR count). The first-order valence-electron chi connectivity index (χ1n) is 11.9. The molecule has 3 N–H and O–H groups in total. The third-order valence-corrected chi connectivity index (χ3v) is 6.36. The number of likely N-dealkylation sites (tertiary alicyclic amines) is 1. The second-order valence-electron chi connectivity index (χ2n) is 8.79. The van der Waals surface area contributed by atoms with E-state index in [-0.39, 0.29) is 18.4 Å². The molecule has 7 heteroatoms. The molecular formula is C26H33N3O4. The highest BCUT2D eigenvalue weighted by molar-refractivity contribution is 6.00. The molecule has 1 saturated heterocycles. The molecule has 1 heterocycles. The van der Waals surface area contributed by atoms with Crippen molar-refractivity contribution in [2.45, 2.75) is 44.8 Å². The third kappa shape index (κ3) is 5.72. The van der Waals surface area contributed by atoms with Gasteiger partial charge in [0.2, 0.25) is 0 Å². The summed E-state index contributed by atoms with van der Waals surface area (Å²) in [5.41, 5.74) is 3.60. The van der Waals surface area contributed by atoms with Crippen LogP contribution in [0.3, 0.4) is 0 Å². The van der Waals surface area contributed by atoms with Crippen LogP contribution < -0.4 is 15.4 Å². The molecule has 2 aromatic rings. The van der Waals surface area contributed by atoms with E-state index in [0.717, 1.165) is 38.8 Å². The van der Waals surface area contributed by atoms with Crippen molar-refractivity contribution in [1.82, 2.24) is 15.5 Å². The van der Waals surface area contributed by atoms with Crippen LogP contribution in [0.15, 0.2) is 42.5 Å². The quantitative estimate of drug-likeness (QED) is 0.544. The van der Waals surface area contributed by atoms with Crippen LogP contribution in [0, 0.1) is 0 Å². The number of fused-ring (bicyclic) bond motifs is 1. The number of amides is 2. The highest BCUT2D eigenvalue weighted by Crippen LogP contribution is 2.23. The molecule has 0 spiro atoms. The fraction of sp³-hybridized carbons (Fsp3) is 0.462. The first kappa shape index (κ1) is 23.3. The average Bonchev–Trinajstić information content (AvgIpc) is 3.51. The number of hydrogen-bond acceptors (Lipinski definition) is 5. The first-order chi connectivity index (χ1) is 16.0. The van der Waals surface area contributed by atoms with Crippen molar-refractivity contribution < 1.29 is 19.4 Å². The number of carbonyl (C=O) groups excluding carboxylic acids is 2. The highest BCUT2D eigenvalue weighted by atomic mass is 16.5. The Hall–Kier alpha value is -2.90. The Kier molecular flexibility index (Phi) is 7.62. The standard InChI is InChI=1S/C26H33N3O4/c1-2-33-24-15-20(26(32)29-11-5-6-12-29)9-10-23(24)25(31)28-17-22(30)16-27-21-13-18-7-3-4-8-19(18)14-21/h3-4,7-10,15,21-22,27,30H,2,5-6,11-14,16-17H2,1H3,(H,28,31). The van der Waals surface area contributed by atoms with E-state index in [1.807, 2.05) is 11.8 Å². The number of hydrogen-bond donors (Lipinski definition) is 3. The molecule has 0 saturated carbocycles. The van der Waals surface area contributed by atoms with E-state index in [4.69, 9.17) is 4.74 Å². The van der Waals surface area contributed by atoms with Crippen molar-refractivity contribution >= 4 is 11.8 Å². The zero-order valence-corrected chi connectivity index (χ0v) is 19.2. The molecule has 1 fully saturated rings. The Morgan fingerprint density at radius 1 is 1.09 bits per heavy atom. The van der Waals surface area contributed by atoms with Gasteiger partial charge in [-0.1, -0.05) is 24.3 Å². The van der Waals surface area contributed by atoms with Crippen LogP contribution >= 0.6 is 0 Å². The fourth-order valence-electron chi connectivity index (χ4n) is 4.60. The van der Waals surface area contributed by atoms with Crippen LogP contribution in [-0.2, 0) is 12.8 Å². The Morgan fingerprint density at radius 3 is 2.45 bits per heavy atom. The molecule has 7 nitrogen and oxygen atoms in total. The van der Waals surface area contributed by atoms with Gasteiger partial charge < -0.3 is 25.4 Å². The molecule has 176 valence electrons. The lowest BCUT2D eigenvalue weighted by atomic mass is 10.1. The van der Waals surface area contributed by atoms with E-state index in [9.17, 15) is 14.7 Å². The minimum Gasteiger partial charge on any atom is -0.493 e. The summed E-state index contributed by atoms with van der Waals surface area (Å²) in [6.07, 6.45) is 3.25. The number of aliphatic hydroxyl groups is 1. The fourth-order valence-corrected chi connectivity index (χ4v) is 4.60. The van der Waals surface area contributed by atoms with Crippen molar-refractivity contribution in [3.8, 4) is 5.75 Å². The summed E-state index contributed by atoms with van der Waals surface area (Å²) in [5.74, 6) is 0.0262. The van der Waals surface area contributed by atoms with Crippen LogP contribution in [0.2, 0.25) is 0 Å². The molecule has 2 aliphatic rings. The van der Waals surface area contributed by atoms with Gasteiger partial charge in [-0.2, -0.15) is 0 Å². The molecule has 0 bridgehead atoms. The smallest absolute Gasteiger partial charge is 0.255 e. The number of benzene rings is 2. The van der Waals surface area contributed by atoms with E-state index in [0.29, 0.717) is 36.1 Å². The number of aliphatic hydroxyl groups excluding tert-OH is 1. The molecule has 1 atom stereocenters. The number of nitrogens with one attached hydrogen (secondary N) is 2. The Bertz CT molecular complexity index is 962. The molecule has 33 heavy (non-hydrogen) atoms. The van der Waals surface area contributed by atoms with Gasteiger partial charge in [-0.15, -0.1) is 0 Å². The SMILES string of the molecule is CCOc1cc(C(=O)N2CCCC2)ccc1C(=O)NCC(O)CNC1Cc2ccccc2C1.